The molecule has 3 aromatic rings. The monoisotopic (exact) mass is 396 g/mol. The first-order valence-electron chi connectivity index (χ1n) is 7.37. The molecule has 3 N–H and O–H groups in total. The number of hydrazone groups is 1. The summed E-state index contributed by atoms with van der Waals surface area (Å²) in [7, 11) is 0. The van der Waals surface area contributed by atoms with Crippen molar-refractivity contribution in [3.8, 4) is 0 Å². The fourth-order valence-corrected chi connectivity index (χ4v) is 2.64. The van der Waals surface area contributed by atoms with Crippen molar-refractivity contribution in [3.63, 3.8) is 0 Å². The molecule has 1 heterocycles. The molecule has 1 aromatic heterocycles. The Balaban J connectivity index is 1.68. The van der Waals surface area contributed by atoms with Gasteiger partial charge >= 0.3 is 6.18 Å². The van der Waals surface area contributed by atoms with Gasteiger partial charge in [-0.15, -0.1) is 0 Å². The van der Waals surface area contributed by atoms with E-state index in [0.717, 1.165) is 34.7 Å². The van der Waals surface area contributed by atoms with E-state index in [0.29, 0.717) is 0 Å². The molecule has 0 radical (unpaired) electrons. The van der Waals surface area contributed by atoms with Gasteiger partial charge < -0.3 is 10.3 Å². The van der Waals surface area contributed by atoms with E-state index in [1.807, 2.05) is 24.3 Å². The van der Waals surface area contributed by atoms with Crippen molar-refractivity contribution in [1.82, 2.24) is 10.4 Å². The molecule has 9 heteroatoms. The number of hydrogen-bond donors (Lipinski definition) is 3. The SMILES string of the molecule is FC(F)(F)c1ccc(Cl)c(NC(=S)N/N=C/c2c[nH]c3ccccc23)c1. The smallest absolute Gasteiger partial charge is 0.361 e. The number of alkyl halides is 3. The number of hydrogen-bond acceptors (Lipinski definition) is 2. The lowest BCUT2D eigenvalue weighted by atomic mass is 10.2. The zero-order valence-corrected chi connectivity index (χ0v) is 14.6. The van der Waals surface area contributed by atoms with E-state index in [1.165, 1.54) is 0 Å². The summed E-state index contributed by atoms with van der Waals surface area (Å²) in [6, 6.07) is 10.6. The van der Waals surface area contributed by atoms with Gasteiger partial charge in [0.1, 0.15) is 0 Å². The second kappa shape index (κ2) is 7.35. The fraction of sp³-hybridized carbons (Fsp3) is 0.0588. The van der Waals surface area contributed by atoms with E-state index < -0.39 is 11.7 Å². The average molecular weight is 397 g/mol. The van der Waals surface area contributed by atoms with E-state index >= 15 is 0 Å². The van der Waals surface area contributed by atoms with Gasteiger partial charge in [0.2, 0.25) is 0 Å². The highest BCUT2D eigenvalue weighted by atomic mass is 35.5. The summed E-state index contributed by atoms with van der Waals surface area (Å²) >= 11 is 11.0. The van der Waals surface area contributed by atoms with Crippen LogP contribution in [-0.4, -0.2) is 16.3 Å². The maximum atomic E-state index is 12.8. The van der Waals surface area contributed by atoms with Crippen molar-refractivity contribution in [2.24, 2.45) is 5.10 Å². The van der Waals surface area contributed by atoms with Crippen LogP contribution in [0.5, 0.6) is 0 Å². The van der Waals surface area contributed by atoms with Crippen LogP contribution in [0.15, 0.2) is 53.8 Å². The number of halogens is 4. The Hall–Kier alpha value is -2.58. The Labute approximate surface area is 157 Å². The van der Waals surface area contributed by atoms with E-state index in [9.17, 15) is 13.2 Å². The first-order chi connectivity index (χ1) is 12.3. The fourth-order valence-electron chi connectivity index (χ4n) is 2.31. The van der Waals surface area contributed by atoms with Gasteiger partial charge in [-0.05, 0) is 36.5 Å². The maximum absolute atomic E-state index is 12.8. The summed E-state index contributed by atoms with van der Waals surface area (Å²) in [4.78, 5) is 3.10. The third kappa shape index (κ3) is 4.14. The van der Waals surface area contributed by atoms with Gasteiger partial charge in [-0.3, -0.25) is 5.43 Å². The van der Waals surface area contributed by atoms with Gasteiger partial charge in [-0.2, -0.15) is 18.3 Å². The van der Waals surface area contributed by atoms with E-state index in [2.05, 4.69) is 20.8 Å². The highest BCUT2D eigenvalue weighted by molar-refractivity contribution is 7.80. The summed E-state index contributed by atoms with van der Waals surface area (Å²) in [5.74, 6) is 0. The molecule has 3 rings (SSSR count). The Morgan fingerprint density at radius 3 is 2.73 bits per heavy atom. The van der Waals surface area contributed by atoms with E-state index in [1.54, 1.807) is 12.4 Å². The third-order valence-electron chi connectivity index (χ3n) is 3.53. The standard InChI is InChI=1S/C17H12ClF3N4S/c18-13-6-5-11(17(19,20)21)7-15(13)24-16(26)25-23-9-10-8-22-14-4-2-1-3-12(10)14/h1-9,22H,(H2,24,25,26)/b23-9+. The lowest BCUT2D eigenvalue weighted by Gasteiger charge is -2.12. The van der Waals surface area contributed by atoms with Crippen molar-refractivity contribution in [2.75, 3.05) is 5.32 Å². The molecule has 0 saturated heterocycles. The quantitative estimate of drug-likeness (QED) is 0.325. The molecule has 0 aliphatic carbocycles. The van der Waals surface area contributed by atoms with Crippen LogP contribution in [0.4, 0.5) is 18.9 Å². The number of H-pyrrole nitrogens is 1. The number of aromatic nitrogens is 1. The number of para-hydroxylation sites is 1. The zero-order valence-electron chi connectivity index (χ0n) is 13.1. The van der Waals surface area contributed by atoms with Gasteiger partial charge in [0.15, 0.2) is 5.11 Å². The Morgan fingerprint density at radius 2 is 1.96 bits per heavy atom. The van der Waals surface area contributed by atoms with Crippen LogP contribution in [-0.2, 0) is 6.18 Å². The lowest BCUT2D eigenvalue weighted by molar-refractivity contribution is -0.137. The van der Waals surface area contributed by atoms with Gasteiger partial charge in [0, 0.05) is 22.7 Å². The number of nitrogens with one attached hydrogen (secondary N) is 3. The summed E-state index contributed by atoms with van der Waals surface area (Å²) in [5.41, 5.74) is 3.58. The largest absolute Gasteiger partial charge is 0.416 e. The van der Waals surface area contributed by atoms with Crippen molar-refractivity contribution in [2.45, 2.75) is 6.18 Å². The highest BCUT2D eigenvalue weighted by Gasteiger charge is 2.31. The third-order valence-corrected chi connectivity index (χ3v) is 4.06. The number of nitrogens with zero attached hydrogens (tertiary/aromatic N) is 1. The van der Waals surface area contributed by atoms with Crippen LogP contribution in [0.1, 0.15) is 11.1 Å². The molecule has 26 heavy (non-hydrogen) atoms. The summed E-state index contributed by atoms with van der Waals surface area (Å²) in [5, 5.41) is 7.72. The molecule has 134 valence electrons. The van der Waals surface area contributed by atoms with Crippen LogP contribution >= 0.6 is 23.8 Å². The van der Waals surface area contributed by atoms with Gasteiger partial charge in [-0.25, -0.2) is 0 Å². The summed E-state index contributed by atoms with van der Waals surface area (Å²) in [6.07, 6.45) is -1.12. The number of thiocarbonyl (C=S) groups is 1. The van der Waals surface area contributed by atoms with Crippen LogP contribution < -0.4 is 10.7 Å². The molecule has 0 aliphatic heterocycles. The molecule has 0 spiro atoms. The zero-order chi connectivity index (χ0) is 18.7. The molecule has 2 aromatic carbocycles. The number of rotatable bonds is 3. The first kappa shape index (κ1) is 18.2. The van der Waals surface area contributed by atoms with Gasteiger partial charge in [0.25, 0.3) is 0 Å². The molecule has 4 nitrogen and oxygen atoms in total. The first-order valence-corrected chi connectivity index (χ1v) is 8.16. The van der Waals surface area contributed by atoms with Crippen molar-refractivity contribution < 1.29 is 13.2 Å². The highest BCUT2D eigenvalue weighted by Crippen LogP contribution is 2.33. The molecule has 0 saturated carbocycles. The molecule has 0 aliphatic rings. The number of fused-ring (bicyclic) bond motifs is 1. The second-order valence-corrected chi connectivity index (χ2v) is 6.12. The lowest BCUT2D eigenvalue weighted by Crippen LogP contribution is -2.24. The minimum atomic E-state index is -4.47. The minimum Gasteiger partial charge on any atom is -0.361 e. The van der Waals surface area contributed by atoms with Crippen LogP contribution in [0, 0.1) is 0 Å². The average Bonchev–Trinajstić information content (AvgIpc) is 2.99. The molecular formula is C17H12ClF3N4S. The van der Waals surface area contributed by atoms with Crippen LogP contribution in [0.25, 0.3) is 10.9 Å². The Morgan fingerprint density at radius 1 is 1.19 bits per heavy atom. The second-order valence-electron chi connectivity index (χ2n) is 5.31. The minimum absolute atomic E-state index is 0.0160. The number of anilines is 1. The Bertz CT molecular complexity index is 982. The molecular weight excluding hydrogens is 385 g/mol. The topological polar surface area (TPSA) is 52.2 Å². The number of aromatic amines is 1. The van der Waals surface area contributed by atoms with Crippen molar-refractivity contribution in [1.29, 1.82) is 0 Å². The van der Waals surface area contributed by atoms with E-state index in [-0.39, 0.29) is 15.8 Å². The molecule has 0 amide bonds. The molecule has 0 atom stereocenters. The predicted molar refractivity (Wildman–Crippen MR) is 102 cm³/mol. The maximum Gasteiger partial charge on any atom is 0.416 e. The van der Waals surface area contributed by atoms with Crippen molar-refractivity contribution >= 4 is 51.7 Å². The van der Waals surface area contributed by atoms with Gasteiger partial charge in [-0.1, -0.05) is 29.8 Å². The van der Waals surface area contributed by atoms with Gasteiger partial charge in [0.05, 0.1) is 22.5 Å². The molecule has 0 unspecified atom stereocenters. The van der Waals surface area contributed by atoms with Crippen LogP contribution in [0.2, 0.25) is 5.02 Å². The number of benzene rings is 2. The molecule has 0 bridgehead atoms. The summed E-state index contributed by atoms with van der Waals surface area (Å²) in [6.45, 7) is 0. The Kier molecular flexibility index (Phi) is 5.15. The van der Waals surface area contributed by atoms with Crippen molar-refractivity contribution in [3.05, 3.63) is 64.8 Å². The normalized spacial score (nSPS) is 11.8. The van der Waals surface area contributed by atoms with Crippen LogP contribution in [0.3, 0.4) is 0 Å². The summed E-state index contributed by atoms with van der Waals surface area (Å²) < 4.78 is 38.3. The molecule has 0 fully saturated rings. The van der Waals surface area contributed by atoms with E-state index in [4.69, 9.17) is 23.8 Å². The predicted octanol–water partition coefficient (Wildman–Crippen LogP) is 5.16.